The number of hydrogen-bond donors (Lipinski definition) is 3. The quantitative estimate of drug-likeness (QED) is 0.0320. The minimum atomic E-state index is -0.662. The molecule has 0 aliphatic heterocycles. The van der Waals surface area contributed by atoms with Crippen molar-refractivity contribution in [2.75, 3.05) is 13.2 Å². The van der Waals surface area contributed by atoms with Crippen molar-refractivity contribution < 1.29 is 24.5 Å². The normalized spacial score (nSPS) is 12.5. The number of rotatable bonds is 72. The van der Waals surface area contributed by atoms with Gasteiger partial charge in [0.1, 0.15) is 0 Å². The van der Waals surface area contributed by atoms with Crippen molar-refractivity contribution in [3.63, 3.8) is 0 Å². The Balaban J connectivity index is 3.33. The van der Waals surface area contributed by atoms with Gasteiger partial charge in [-0.05, 0) is 51.4 Å². The summed E-state index contributed by atoms with van der Waals surface area (Å²) in [5, 5.41) is 23.5. The van der Waals surface area contributed by atoms with Crippen molar-refractivity contribution in [2.24, 2.45) is 0 Å². The van der Waals surface area contributed by atoms with Crippen molar-refractivity contribution in [1.82, 2.24) is 5.32 Å². The van der Waals surface area contributed by atoms with Crippen molar-refractivity contribution in [1.29, 1.82) is 0 Å². The van der Waals surface area contributed by atoms with Crippen LogP contribution in [0.3, 0.4) is 0 Å². The number of allylic oxidation sites excluding steroid dienone is 2. The van der Waals surface area contributed by atoms with Crippen LogP contribution in [-0.2, 0) is 14.3 Å². The van der Waals surface area contributed by atoms with Gasteiger partial charge < -0.3 is 20.3 Å². The fraction of sp³-hybridized carbons (Fsp3) is 0.947. The third-order valence-corrected chi connectivity index (χ3v) is 18.1. The number of aliphatic hydroxyl groups is 2. The molecule has 6 nitrogen and oxygen atoms in total. The lowest BCUT2D eigenvalue weighted by Gasteiger charge is -2.22. The highest BCUT2D eigenvalue weighted by atomic mass is 16.5. The Kier molecular flexibility index (Phi) is 70.8. The Morgan fingerprint density at radius 3 is 0.890 bits per heavy atom. The molecule has 2 unspecified atom stereocenters. The molecule has 0 fully saturated rings. The van der Waals surface area contributed by atoms with Gasteiger partial charge in [-0.15, -0.1) is 0 Å². The second-order valence-corrected chi connectivity index (χ2v) is 26.3. The van der Waals surface area contributed by atoms with E-state index in [-0.39, 0.29) is 18.5 Å². The van der Waals surface area contributed by atoms with E-state index in [4.69, 9.17) is 4.74 Å². The third-order valence-electron chi connectivity index (χ3n) is 18.1. The number of esters is 1. The van der Waals surface area contributed by atoms with Gasteiger partial charge in [-0.25, -0.2) is 0 Å². The van der Waals surface area contributed by atoms with Crippen molar-refractivity contribution in [2.45, 2.75) is 450 Å². The second kappa shape index (κ2) is 72.1. The zero-order chi connectivity index (χ0) is 59.2. The van der Waals surface area contributed by atoms with Crippen LogP contribution in [0.1, 0.15) is 438 Å². The highest BCUT2D eigenvalue weighted by Gasteiger charge is 2.20. The first-order valence-corrected chi connectivity index (χ1v) is 37.9. The van der Waals surface area contributed by atoms with E-state index in [1.807, 2.05) is 0 Å². The topological polar surface area (TPSA) is 95.9 Å². The van der Waals surface area contributed by atoms with E-state index in [0.717, 1.165) is 44.9 Å². The summed E-state index contributed by atoms with van der Waals surface area (Å²) in [5.74, 6) is -0.0136. The molecule has 0 radical (unpaired) electrons. The maximum absolute atomic E-state index is 12.6. The van der Waals surface area contributed by atoms with Crippen molar-refractivity contribution in [3.05, 3.63) is 12.2 Å². The Labute approximate surface area is 514 Å². The highest BCUT2D eigenvalue weighted by molar-refractivity contribution is 5.76. The molecular weight excluding hydrogens is 1010 g/mol. The molecular formula is C76H149NO5. The standard InChI is InChI=1S/C76H149NO5/c1-3-5-7-9-11-13-15-17-18-19-20-21-33-36-39-42-45-48-52-56-60-64-68-74(79)73(72-78)77-75(80)69-65-61-57-53-49-46-43-40-37-34-31-29-27-25-23-22-24-26-28-30-32-35-38-41-44-47-51-55-59-63-67-71-82-76(81)70-66-62-58-54-50-16-14-12-10-8-6-4-2/h12,14,73-74,78-79H,3-11,13,15-72H2,1-2H3,(H,77,80)/b14-12-. The SMILES string of the molecule is CCCCC/C=C\CCCCCCCC(=O)OCCCCCCCCCCCCCCCCCCCCCCCCCCCCCCCCCC(=O)NC(CO)C(O)CCCCCCCCCCCCCCCCCCCCCCCC. The van der Waals surface area contributed by atoms with Gasteiger partial charge >= 0.3 is 5.97 Å². The van der Waals surface area contributed by atoms with Gasteiger partial charge in [0.2, 0.25) is 5.91 Å². The Morgan fingerprint density at radius 2 is 0.573 bits per heavy atom. The van der Waals surface area contributed by atoms with Crippen LogP contribution in [0.5, 0.6) is 0 Å². The number of aliphatic hydroxyl groups excluding tert-OH is 2. The highest BCUT2D eigenvalue weighted by Crippen LogP contribution is 2.20. The van der Waals surface area contributed by atoms with Crippen LogP contribution in [0.25, 0.3) is 0 Å². The van der Waals surface area contributed by atoms with Gasteiger partial charge in [-0.2, -0.15) is 0 Å². The zero-order valence-corrected chi connectivity index (χ0v) is 56.0. The molecule has 0 heterocycles. The first-order chi connectivity index (χ1) is 40.5. The molecule has 0 aliphatic carbocycles. The van der Waals surface area contributed by atoms with E-state index in [9.17, 15) is 19.8 Å². The molecule has 1 amide bonds. The van der Waals surface area contributed by atoms with Gasteiger partial charge in [0.05, 0.1) is 25.4 Å². The summed E-state index contributed by atoms with van der Waals surface area (Å²) in [6.45, 7) is 4.98. The van der Waals surface area contributed by atoms with Crippen LogP contribution in [0.2, 0.25) is 0 Å². The summed E-state index contributed by atoms with van der Waals surface area (Å²) < 4.78 is 5.48. The molecule has 0 rings (SSSR count). The summed E-state index contributed by atoms with van der Waals surface area (Å²) >= 11 is 0. The van der Waals surface area contributed by atoms with Gasteiger partial charge in [0, 0.05) is 12.8 Å². The molecule has 0 saturated carbocycles. The van der Waals surface area contributed by atoms with Crippen LogP contribution in [0.15, 0.2) is 12.2 Å². The maximum Gasteiger partial charge on any atom is 0.305 e. The van der Waals surface area contributed by atoms with E-state index in [0.29, 0.717) is 25.9 Å². The summed E-state index contributed by atoms with van der Waals surface area (Å²) in [4.78, 5) is 24.6. The van der Waals surface area contributed by atoms with E-state index in [1.54, 1.807) is 0 Å². The zero-order valence-electron chi connectivity index (χ0n) is 56.0. The molecule has 0 aromatic carbocycles. The molecule has 2 atom stereocenters. The van der Waals surface area contributed by atoms with Gasteiger partial charge in [-0.1, -0.05) is 386 Å². The summed E-state index contributed by atoms with van der Waals surface area (Å²) in [6, 6.07) is -0.539. The minimum absolute atomic E-state index is 0.0116. The molecule has 3 N–H and O–H groups in total. The Bertz CT molecular complexity index is 1240. The van der Waals surface area contributed by atoms with E-state index < -0.39 is 12.1 Å². The smallest absolute Gasteiger partial charge is 0.305 e. The number of ether oxygens (including phenoxy) is 1. The average Bonchev–Trinajstić information content (AvgIpc) is 3.48. The average molecular weight is 1160 g/mol. The maximum atomic E-state index is 12.6. The molecule has 0 aliphatic rings. The molecule has 0 aromatic heterocycles. The molecule has 6 heteroatoms. The number of carbonyl (C=O) groups excluding carboxylic acids is 2. The van der Waals surface area contributed by atoms with Gasteiger partial charge in [0.25, 0.3) is 0 Å². The fourth-order valence-corrected chi connectivity index (χ4v) is 12.3. The molecule has 0 spiro atoms. The molecule has 0 aromatic rings. The fourth-order valence-electron chi connectivity index (χ4n) is 12.3. The van der Waals surface area contributed by atoms with E-state index in [1.165, 1.54) is 360 Å². The van der Waals surface area contributed by atoms with Crippen LogP contribution in [0, 0.1) is 0 Å². The predicted molar refractivity (Wildman–Crippen MR) is 361 cm³/mol. The number of nitrogens with one attached hydrogen (secondary N) is 1. The lowest BCUT2D eigenvalue weighted by Crippen LogP contribution is -2.45. The summed E-state index contributed by atoms with van der Waals surface area (Å²) in [7, 11) is 0. The van der Waals surface area contributed by atoms with Crippen molar-refractivity contribution in [3.8, 4) is 0 Å². The number of amides is 1. The molecule has 0 bridgehead atoms. The lowest BCUT2D eigenvalue weighted by molar-refractivity contribution is -0.143. The predicted octanol–water partition coefficient (Wildman–Crippen LogP) is 24.7. The lowest BCUT2D eigenvalue weighted by atomic mass is 10.0. The summed E-state index contributed by atoms with van der Waals surface area (Å²) in [5.41, 5.74) is 0. The van der Waals surface area contributed by atoms with Gasteiger partial charge in [-0.3, -0.25) is 9.59 Å². The van der Waals surface area contributed by atoms with E-state index in [2.05, 4.69) is 31.3 Å². The first kappa shape index (κ1) is 80.6. The minimum Gasteiger partial charge on any atom is -0.466 e. The number of unbranched alkanes of at least 4 members (excludes halogenated alkanes) is 59. The van der Waals surface area contributed by atoms with Gasteiger partial charge in [0.15, 0.2) is 0 Å². The largest absolute Gasteiger partial charge is 0.466 e. The molecule has 488 valence electrons. The van der Waals surface area contributed by atoms with Crippen LogP contribution < -0.4 is 5.32 Å². The summed E-state index contributed by atoms with van der Waals surface area (Å²) in [6.07, 6.45) is 90.0. The monoisotopic (exact) mass is 1160 g/mol. The van der Waals surface area contributed by atoms with Crippen LogP contribution in [-0.4, -0.2) is 47.4 Å². The second-order valence-electron chi connectivity index (χ2n) is 26.3. The molecule has 0 saturated heterocycles. The third kappa shape index (κ3) is 67.7. The first-order valence-electron chi connectivity index (χ1n) is 37.9. The van der Waals surface area contributed by atoms with Crippen molar-refractivity contribution >= 4 is 11.9 Å². The Morgan fingerprint density at radius 1 is 0.329 bits per heavy atom. The number of hydrogen-bond acceptors (Lipinski definition) is 5. The Hall–Kier alpha value is -1.40. The van der Waals surface area contributed by atoms with Crippen LogP contribution in [0.4, 0.5) is 0 Å². The van der Waals surface area contributed by atoms with Crippen LogP contribution >= 0.6 is 0 Å². The van der Waals surface area contributed by atoms with E-state index >= 15 is 0 Å². The molecule has 82 heavy (non-hydrogen) atoms. The number of carbonyl (C=O) groups is 2.